The van der Waals surface area contributed by atoms with Crippen molar-refractivity contribution in [3.8, 4) is 11.5 Å². The summed E-state index contributed by atoms with van der Waals surface area (Å²) in [6.45, 7) is 2.35. The van der Waals surface area contributed by atoms with Gasteiger partial charge in [0.1, 0.15) is 0 Å². The Bertz CT molecular complexity index is 1410. The Labute approximate surface area is 220 Å². The Hall–Kier alpha value is -3.94. The number of benzene rings is 3. The SMILES string of the molecule is CCc1cccc2c([C@H](CC(=O)NCCc3ccc(OC)c(OC)c3)c3ccccc3C(F)(F)F)c[nH]c12. The number of hydrogen-bond donors (Lipinski definition) is 2. The number of aromatic nitrogens is 1. The van der Waals surface area contributed by atoms with Crippen LogP contribution in [0.2, 0.25) is 0 Å². The molecule has 5 nitrogen and oxygen atoms in total. The molecule has 2 N–H and O–H groups in total. The summed E-state index contributed by atoms with van der Waals surface area (Å²) >= 11 is 0. The number of ether oxygens (including phenoxy) is 2. The summed E-state index contributed by atoms with van der Waals surface area (Å²) in [4.78, 5) is 16.3. The van der Waals surface area contributed by atoms with Crippen molar-refractivity contribution in [2.75, 3.05) is 20.8 Å². The van der Waals surface area contributed by atoms with Gasteiger partial charge in [0, 0.05) is 36.0 Å². The predicted octanol–water partition coefficient (Wildman–Crippen LogP) is 6.65. The van der Waals surface area contributed by atoms with Crippen molar-refractivity contribution in [3.63, 3.8) is 0 Å². The lowest BCUT2D eigenvalue weighted by atomic mass is 9.84. The van der Waals surface area contributed by atoms with Gasteiger partial charge in [0.25, 0.3) is 0 Å². The van der Waals surface area contributed by atoms with Crippen LogP contribution in [0.3, 0.4) is 0 Å². The molecule has 200 valence electrons. The topological polar surface area (TPSA) is 63.4 Å². The minimum absolute atomic E-state index is 0.0813. The first-order valence-corrected chi connectivity index (χ1v) is 12.5. The van der Waals surface area contributed by atoms with E-state index in [1.807, 2.05) is 37.3 Å². The zero-order chi connectivity index (χ0) is 27.3. The molecule has 0 bridgehead atoms. The summed E-state index contributed by atoms with van der Waals surface area (Å²) in [7, 11) is 3.11. The number of hydrogen-bond acceptors (Lipinski definition) is 3. The van der Waals surface area contributed by atoms with Gasteiger partial charge in [0.2, 0.25) is 5.91 Å². The number of carbonyl (C=O) groups is 1. The van der Waals surface area contributed by atoms with Gasteiger partial charge in [-0.05, 0) is 53.3 Å². The predicted molar refractivity (Wildman–Crippen MR) is 142 cm³/mol. The highest BCUT2D eigenvalue weighted by Gasteiger charge is 2.36. The Balaban J connectivity index is 1.60. The number of amides is 1. The molecule has 0 radical (unpaired) electrons. The maximum atomic E-state index is 14.0. The lowest BCUT2D eigenvalue weighted by Crippen LogP contribution is -2.28. The second-order valence-corrected chi connectivity index (χ2v) is 9.07. The summed E-state index contributed by atoms with van der Waals surface area (Å²) < 4.78 is 52.6. The number of carbonyl (C=O) groups excluding carboxylic acids is 1. The van der Waals surface area contributed by atoms with Crippen molar-refractivity contribution >= 4 is 16.8 Å². The van der Waals surface area contributed by atoms with Crippen molar-refractivity contribution in [1.29, 1.82) is 0 Å². The third-order valence-corrected chi connectivity index (χ3v) is 6.81. The molecule has 1 heterocycles. The molecule has 4 rings (SSSR count). The van der Waals surface area contributed by atoms with Crippen LogP contribution in [-0.2, 0) is 23.8 Å². The normalized spacial score (nSPS) is 12.4. The Morgan fingerprint density at radius 3 is 2.45 bits per heavy atom. The zero-order valence-electron chi connectivity index (χ0n) is 21.6. The van der Waals surface area contributed by atoms with Crippen LogP contribution < -0.4 is 14.8 Å². The third-order valence-electron chi connectivity index (χ3n) is 6.81. The fourth-order valence-electron chi connectivity index (χ4n) is 4.91. The minimum atomic E-state index is -4.54. The Morgan fingerprint density at radius 1 is 0.974 bits per heavy atom. The highest BCUT2D eigenvalue weighted by molar-refractivity contribution is 5.88. The average molecular weight is 525 g/mol. The lowest BCUT2D eigenvalue weighted by molar-refractivity contribution is -0.138. The fraction of sp³-hybridized carbons (Fsp3) is 0.300. The van der Waals surface area contributed by atoms with Crippen molar-refractivity contribution in [3.05, 3.63) is 94.7 Å². The third kappa shape index (κ3) is 5.79. The first-order chi connectivity index (χ1) is 18.3. The molecule has 0 fully saturated rings. The second-order valence-electron chi connectivity index (χ2n) is 9.07. The summed E-state index contributed by atoms with van der Waals surface area (Å²) in [6, 6.07) is 16.8. The Kier molecular flexibility index (Phi) is 8.29. The van der Waals surface area contributed by atoms with E-state index >= 15 is 0 Å². The summed E-state index contributed by atoms with van der Waals surface area (Å²) in [5, 5.41) is 3.71. The molecular weight excluding hydrogens is 493 g/mol. The quantitative estimate of drug-likeness (QED) is 0.244. The molecule has 4 aromatic rings. The van der Waals surface area contributed by atoms with Crippen molar-refractivity contribution < 1.29 is 27.4 Å². The number of aromatic amines is 1. The number of fused-ring (bicyclic) bond motifs is 1. The van der Waals surface area contributed by atoms with Gasteiger partial charge in [0.05, 0.1) is 19.8 Å². The number of alkyl halides is 3. The van der Waals surface area contributed by atoms with E-state index in [4.69, 9.17) is 9.47 Å². The van der Waals surface area contributed by atoms with Crippen LogP contribution in [0.25, 0.3) is 10.9 Å². The molecule has 1 atom stereocenters. The molecule has 0 aliphatic carbocycles. The maximum absolute atomic E-state index is 14.0. The number of methoxy groups -OCH3 is 2. The standard InChI is InChI=1S/C30H31F3N2O3/c1-4-20-8-7-10-22-24(18-35-29(20)22)23(21-9-5-6-11-25(21)30(31,32)33)17-28(36)34-15-14-19-12-13-26(37-2)27(16-19)38-3/h5-13,16,18,23,35H,4,14-15,17H2,1-3H3,(H,34,36)/t23-/m1/s1. The first kappa shape index (κ1) is 27.1. The van der Waals surface area contributed by atoms with Crippen LogP contribution in [0, 0.1) is 0 Å². The monoisotopic (exact) mass is 524 g/mol. The highest BCUT2D eigenvalue weighted by Crippen LogP contribution is 2.41. The van der Waals surface area contributed by atoms with Gasteiger partial charge in [-0.3, -0.25) is 4.79 Å². The summed E-state index contributed by atoms with van der Waals surface area (Å²) in [6.07, 6.45) is -1.62. The molecule has 3 aromatic carbocycles. The summed E-state index contributed by atoms with van der Waals surface area (Å²) in [5.41, 5.74) is 2.90. The van der Waals surface area contributed by atoms with E-state index in [-0.39, 0.29) is 17.9 Å². The molecule has 0 aliphatic rings. The molecule has 1 aromatic heterocycles. The number of rotatable bonds is 10. The van der Waals surface area contributed by atoms with Crippen LogP contribution in [0.5, 0.6) is 11.5 Å². The number of para-hydroxylation sites is 1. The van der Waals surface area contributed by atoms with E-state index in [1.54, 1.807) is 32.5 Å². The van der Waals surface area contributed by atoms with E-state index in [1.165, 1.54) is 12.1 Å². The Morgan fingerprint density at radius 2 is 1.74 bits per heavy atom. The molecule has 0 unspecified atom stereocenters. The zero-order valence-corrected chi connectivity index (χ0v) is 21.6. The van der Waals surface area contributed by atoms with E-state index in [0.717, 1.165) is 34.5 Å². The van der Waals surface area contributed by atoms with E-state index in [2.05, 4.69) is 10.3 Å². The number of H-pyrrole nitrogens is 1. The molecule has 8 heteroatoms. The van der Waals surface area contributed by atoms with Crippen LogP contribution in [-0.4, -0.2) is 31.7 Å². The van der Waals surface area contributed by atoms with E-state index in [0.29, 0.717) is 30.0 Å². The smallest absolute Gasteiger partial charge is 0.416 e. The van der Waals surface area contributed by atoms with Crippen molar-refractivity contribution in [2.45, 2.75) is 38.3 Å². The fourth-order valence-corrected chi connectivity index (χ4v) is 4.91. The maximum Gasteiger partial charge on any atom is 0.416 e. The molecule has 0 saturated heterocycles. The van der Waals surface area contributed by atoms with Gasteiger partial charge < -0.3 is 19.8 Å². The molecular formula is C30H31F3N2O3. The molecule has 0 aliphatic heterocycles. The molecule has 0 saturated carbocycles. The second kappa shape index (κ2) is 11.6. The number of nitrogens with one attached hydrogen (secondary N) is 2. The summed E-state index contributed by atoms with van der Waals surface area (Å²) in [5.74, 6) is 0.0885. The van der Waals surface area contributed by atoms with E-state index in [9.17, 15) is 18.0 Å². The van der Waals surface area contributed by atoms with Crippen LogP contribution in [0.4, 0.5) is 13.2 Å². The number of aryl methyl sites for hydroxylation is 1. The average Bonchev–Trinajstić information content (AvgIpc) is 3.35. The molecule has 38 heavy (non-hydrogen) atoms. The van der Waals surface area contributed by atoms with Gasteiger partial charge in [-0.15, -0.1) is 0 Å². The van der Waals surface area contributed by atoms with Crippen LogP contribution >= 0.6 is 0 Å². The van der Waals surface area contributed by atoms with Gasteiger partial charge in [-0.2, -0.15) is 13.2 Å². The van der Waals surface area contributed by atoms with Crippen LogP contribution in [0.15, 0.2) is 66.9 Å². The van der Waals surface area contributed by atoms with Gasteiger partial charge >= 0.3 is 6.18 Å². The number of halogens is 3. The minimum Gasteiger partial charge on any atom is -0.493 e. The van der Waals surface area contributed by atoms with Gasteiger partial charge in [0.15, 0.2) is 11.5 Å². The largest absolute Gasteiger partial charge is 0.493 e. The van der Waals surface area contributed by atoms with Gasteiger partial charge in [-0.1, -0.05) is 49.4 Å². The lowest BCUT2D eigenvalue weighted by Gasteiger charge is -2.22. The van der Waals surface area contributed by atoms with Crippen molar-refractivity contribution in [2.24, 2.45) is 0 Å². The molecule has 1 amide bonds. The van der Waals surface area contributed by atoms with E-state index < -0.39 is 17.7 Å². The first-order valence-electron chi connectivity index (χ1n) is 12.5. The van der Waals surface area contributed by atoms with Gasteiger partial charge in [-0.25, -0.2) is 0 Å². The van der Waals surface area contributed by atoms with Crippen LogP contribution in [0.1, 0.15) is 47.1 Å². The highest BCUT2D eigenvalue weighted by atomic mass is 19.4. The van der Waals surface area contributed by atoms with Crippen molar-refractivity contribution in [1.82, 2.24) is 10.3 Å². The molecule has 0 spiro atoms.